The van der Waals surface area contributed by atoms with Crippen molar-refractivity contribution < 1.29 is 21.9 Å². The van der Waals surface area contributed by atoms with Gasteiger partial charge in [-0.05, 0) is 69.2 Å². The summed E-state index contributed by atoms with van der Waals surface area (Å²) in [6.45, 7) is 5.06. The maximum atomic E-state index is 14.2. The number of anilines is 2. The molecule has 226 valence electrons. The molecule has 0 radical (unpaired) electrons. The van der Waals surface area contributed by atoms with Crippen molar-refractivity contribution in [2.75, 3.05) is 22.8 Å². The molecule has 4 aromatic rings. The number of hydrogen-bond donors (Lipinski definition) is 2. The summed E-state index contributed by atoms with van der Waals surface area (Å²) >= 11 is 0. The van der Waals surface area contributed by atoms with Gasteiger partial charge in [-0.1, -0.05) is 77.9 Å². The number of aryl methyl sites for hydroxylation is 2. The van der Waals surface area contributed by atoms with Crippen LogP contribution in [0, 0.1) is 13.8 Å². The van der Waals surface area contributed by atoms with Crippen molar-refractivity contribution in [3.63, 3.8) is 0 Å². The van der Waals surface area contributed by atoms with E-state index >= 15 is 0 Å². The summed E-state index contributed by atoms with van der Waals surface area (Å²) in [7, 11) is -8.09. The topological polar surface area (TPSA) is 107 Å². The zero-order chi connectivity index (χ0) is 30.8. The minimum Gasteiger partial charge on any atom is -0.395 e. The van der Waals surface area contributed by atoms with E-state index in [9.17, 15) is 21.9 Å². The molecule has 0 aliphatic carbocycles. The lowest BCUT2D eigenvalue weighted by Gasteiger charge is -2.44. The Labute approximate surface area is 254 Å². The molecule has 10 heteroatoms. The first-order valence-electron chi connectivity index (χ1n) is 14.2. The van der Waals surface area contributed by atoms with Gasteiger partial charge in [0.15, 0.2) is 0 Å². The van der Waals surface area contributed by atoms with Gasteiger partial charge in [0.25, 0.3) is 10.0 Å². The monoisotopic (exact) mass is 619 g/mol. The number of rotatable bonds is 10. The van der Waals surface area contributed by atoms with Gasteiger partial charge in [0.2, 0.25) is 10.0 Å². The Hall–Kier alpha value is -3.70. The molecule has 0 saturated heterocycles. The van der Waals surface area contributed by atoms with E-state index in [4.69, 9.17) is 0 Å². The minimum atomic E-state index is -4.09. The fourth-order valence-corrected chi connectivity index (χ4v) is 8.84. The molecule has 1 aliphatic rings. The van der Waals surface area contributed by atoms with Crippen LogP contribution in [0.4, 0.5) is 11.4 Å². The molecule has 5 rings (SSSR count). The van der Waals surface area contributed by atoms with Gasteiger partial charge in [0, 0.05) is 6.54 Å². The largest absolute Gasteiger partial charge is 0.395 e. The average molecular weight is 620 g/mol. The molecular weight excluding hydrogens is 583 g/mol. The summed E-state index contributed by atoms with van der Waals surface area (Å²) in [5.74, 6) is 0. The number of aliphatic hydroxyl groups excluding tert-OH is 1. The van der Waals surface area contributed by atoms with E-state index in [2.05, 4.69) is 5.32 Å². The Morgan fingerprint density at radius 3 is 1.95 bits per heavy atom. The predicted molar refractivity (Wildman–Crippen MR) is 170 cm³/mol. The number of fused-ring (bicyclic) bond motifs is 1. The van der Waals surface area contributed by atoms with Crippen LogP contribution in [0.25, 0.3) is 0 Å². The van der Waals surface area contributed by atoms with Gasteiger partial charge in [0.05, 0.1) is 45.9 Å². The van der Waals surface area contributed by atoms with Gasteiger partial charge in [0.1, 0.15) is 0 Å². The summed E-state index contributed by atoms with van der Waals surface area (Å²) in [6.07, 6.45) is 0.283. The second kappa shape index (κ2) is 12.5. The van der Waals surface area contributed by atoms with Crippen molar-refractivity contribution in [3.8, 4) is 0 Å². The van der Waals surface area contributed by atoms with E-state index in [-0.39, 0.29) is 22.8 Å². The molecule has 0 amide bonds. The molecule has 0 bridgehead atoms. The lowest BCUT2D eigenvalue weighted by atomic mass is 10.0. The summed E-state index contributed by atoms with van der Waals surface area (Å²) < 4.78 is 59.4. The Morgan fingerprint density at radius 2 is 1.35 bits per heavy atom. The third-order valence-corrected chi connectivity index (χ3v) is 11.8. The van der Waals surface area contributed by atoms with Crippen LogP contribution >= 0.6 is 0 Å². The van der Waals surface area contributed by atoms with Crippen LogP contribution in [0.3, 0.4) is 0 Å². The van der Waals surface area contributed by atoms with E-state index in [0.29, 0.717) is 11.4 Å². The highest BCUT2D eigenvalue weighted by atomic mass is 32.2. The Bertz CT molecular complexity index is 1760. The van der Waals surface area contributed by atoms with Gasteiger partial charge < -0.3 is 10.4 Å². The highest BCUT2D eigenvalue weighted by Gasteiger charge is 2.42. The molecule has 43 heavy (non-hydrogen) atoms. The SMILES string of the molecule is Cc1ccc(S(=O)(=O)N(C[C@H]2Nc3ccccc3N(S(=O)(=O)c3ccc(C)cc3)[C@H]2C)[C@H](CO)Cc2ccccc2)cc1. The van der Waals surface area contributed by atoms with Crippen LogP contribution in [0.1, 0.15) is 23.6 Å². The number of aliphatic hydroxyl groups is 1. The number of nitrogens with one attached hydrogen (secondary N) is 1. The van der Waals surface area contributed by atoms with Crippen molar-refractivity contribution in [3.05, 3.63) is 120 Å². The van der Waals surface area contributed by atoms with E-state index in [1.807, 2.05) is 50.2 Å². The Morgan fingerprint density at radius 1 is 0.791 bits per heavy atom. The molecule has 0 saturated carbocycles. The molecule has 8 nitrogen and oxygen atoms in total. The van der Waals surface area contributed by atoms with E-state index in [1.54, 1.807) is 73.7 Å². The Balaban J connectivity index is 1.57. The summed E-state index contributed by atoms with van der Waals surface area (Å²) in [6, 6.07) is 27.7. The van der Waals surface area contributed by atoms with Gasteiger partial charge in [-0.25, -0.2) is 16.8 Å². The second-order valence-electron chi connectivity index (χ2n) is 11.0. The maximum Gasteiger partial charge on any atom is 0.264 e. The quantitative estimate of drug-likeness (QED) is 0.260. The summed E-state index contributed by atoms with van der Waals surface area (Å²) in [5, 5.41) is 14.0. The van der Waals surface area contributed by atoms with Crippen LogP contribution in [-0.4, -0.2) is 57.5 Å². The van der Waals surface area contributed by atoms with Crippen molar-refractivity contribution in [1.29, 1.82) is 0 Å². The standard InChI is InChI=1S/C33H37N3O5S2/c1-24-13-17-29(18-14-24)42(38,39)35(28(23-37)21-27-9-5-4-6-10-27)22-32-26(3)36(33-12-8-7-11-31(33)34-32)43(40,41)30-19-15-25(2)16-20-30/h4-20,26,28,32,34,37H,21-23H2,1-3H3/t26-,28-,32+/m0/s1. The van der Waals surface area contributed by atoms with Crippen LogP contribution in [0.5, 0.6) is 0 Å². The van der Waals surface area contributed by atoms with E-state index < -0.39 is 44.8 Å². The van der Waals surface area contributed by atoms with Crippen molar-refractivity contribution in [2.45, 2.75) is 55.1 Å². The third kappa shape index (κ3) is 6.33. The summed E-state index contributed by atoms with van der Waals surface area (Å²) in [5.41, 5.74) is 3.81. The first-order chi connectivity index (χ1) is 20.5. The molecule has 0 spiro atoms. The molecule has 1 aliphatic heterocycles. The lowest BCUT2D eigenvalue weighted by Crippen LogP contribution is -2.58. The van der Waals surface area contributed by atoms with Crippen molar-refractivity contribution >= 4 is 31.4 Å². The smallest absolute Gasteiger partial charge is 0.264 e. The van der Waals surface area contributed by atoms with Crippen molar-refractivity contribution in [2.24, 2.45) is 0 Å². The van der Waals surface area contributed by atoms with E-state index in [0.717, 1.165) is 16.7 Å². The first-order valence-corrected chi connectivity index (χ1v) is 17.1. The van der Waals surface area contributed by atoms with Gasteiger partial charge in [-0.2, -0.15) is 4.31 Å². The van der Waals surface area contributed by atoms with E-state index in [1.165, 1.54) is 8.61 Å². The van der Waals surface area contributed by atoms with Gasteiger partial charge >= 0.3 is 0 Å². The highest BCUT2D eigenvalue weighted by molar-refractivity contribution is 7.93. The second-order valence-corrected chi connectivity index (χ2v) is 14.7. The predicted octanol–water partition coefficient (Wildman–Crippen LogP) is 4.98. The van der Waals surface area contributed by atoms with Crippen LogP contribution in [0.2, 0.25) is 0 Å². The number of sulfonamides is 2. The molecular formula is C33H37N3O5S2. The molecule has 0 fully saturated rings. The molecule has 0 aromatic heterocycles. The average Bonchev–Trinajstić information content (AvgIpc) is 2.99. The van der Waals surface area contributed by atoms with Crippen LogP contribution in [0.15, 0.2) is 113 Å². The zero-order valence-electron chi connectivity index (χ0n) is 24.5. The Kier molecular flexibility index (Phi) is 8.94. The third-order valence-electron chi connectivity index (χ3n) is 7.95. The maximum absolute atomic E-state index is 14.2. The normalized spacial score (nSPS) is 17.7. The number of nitrogens with zero attached hydrogens (tertiary/aromatic N) is 2. The molecule has 4 aromatic carbocycles. The van der Waals surface area contributed by atoms with Crippen LogP contribution < -0.4 is 9.62 Å². The number of hydrogen-bond acceptors (Lipinski definition) is 6. The van der Waals surface area contributed by atoms with Gasteiger partial charge in [-0.15, -0.1) is 0 Å². The summed E-state index contributed by atoms with van der Waals surface area (Å²) in [4.78, 5) is 0.263. The molecule has 2 N–H and O–H groups in total. The fraction of sp³-hybridized carbons (Fsp3) is 0.273. The highest BCUT2D eigenvalue weighted by Crippen LogP contribution is 2.38. The fourth-order valence-electron chi connectivity index (χ4n) is 5.49. The minimum absolute atomic E-state index is 0.0797. The molecule has 3 atom stereocenters. The molecule has 1 heterocycles. The van der Waals surface area contributed by atoms with Crippen LogP contribution in [-0.2, 0) is 26.5 Å². The van der Waals surface area contributed by atoms with Gasteiger partial charge in [-0.3, -0.25) is 4.31 Å². The number of benzene rings is 4. The first kappa shape index (κ1) is 30.7. The number of para-hydroxylation sites is 2. The lowest BCUT2D eigenvalue weighted by molar-refractivity contribution is 0.180. The molecule has 0 unspecified atom stereocenters. The zero-order valence-corrected chi connectivity index (χ0v) is 26.1. The van der Waals surface area contributed by atoms with Crippen molar-refractivity contribution in [1.82, 2.24) is 4.31 Å².